The lowest BCUT2D eigenvalue weighted by molar-refractivity contribution is -0.143. The summed E-state index contributed by atoms with van der Waals surface area (Å²) in [6, 6.07) is 14.0. The van der Waals surface area contributed by atoms with E-state index < -0.39 is 11.9 Å². The van der Waals surface area contributed by atoms with Gasteiger partial charge in [0.25, 0.3) is 5.88 Å². The van der Waals surface area contributed by atoms with E-state index in [0.29, 0.717) is 42.4 Å². The highest BCUT2D eigenvalue weighted by Gasteiger charge is 2.37. The molecule has 0 saturated carbocycles. The SMILES string of the molecule is CCC1C(C(=O)O)CCCN1c1nccnc1Oc1ccc(C(=O)c2nc3ccccc3[nH]2)cc1. The molecule has 2 aromatic heterocycles. The van der Waals surface area contributed by atoms with Gasteiger partial charge in [-0.2, -0.15) is 0 Å². The Labute approximate surface area is 201 Å². The van der Waals surface area contributed by atoms with Crippen LogP contribution in [0.2, 0.25) is 0 Å². The van der Waals surface area contributed by atoms with Gasteiger partial charge >= 0.3 is 5.97 Å². The van der Waals surface area contributed by atoms with Gasteiger partial charge in [0.15, 0.2) is 11.6 Å². The molecule has 5 rings (SSSR count). The van der Waals surface area contributed by atoms with Crippen LogP contribution in [-0.4, -0.2) is 49.4 Å². The van der Waals surface area contributed by atoms with Crippen LogP contribution in [0.1, 0.15) is 42.4 Å². The molecular weight excluding hydrogens is 446 g/mol. The molecule has 178 valence electrons. The van der Waals surface area contributed by atoms with Crippen LogP contribution in [0.3, 0.4) is 0 Å². The van der Waals surface area contributed by atoms with Crippen molar-refractivity contribution in [1.82, 2.24) is 19.9 Å². The summed E-state index contributed by atoms with van der Waals surface area (Å²) < 4.78 is 6.04. The van der Waals surface area contributed by atoms with E-state index in [4.69, 9.17) is 4.74 Å². The first kappa shape index (κ1) is 22.5. The lowest BCUT2D eigenvalue weighted by atomic mass is 9.87. The van der Waals surface area contributed by atoms with E-state index in [1.807, 2.05) is 36.1 Å². The summed E-state index contributed by atoms with van der Waals surface area (Å²) >= 11 is 0. The Kier molecular flexibility index (Phi) is 6.13. The quantitative estimate of drug-likeness (QED) is 0.379. The average Bonchev–Trinajstić information content (AvgIpc) is 3.33. The van der Waals surface area contributed by atoms with Gasteiger partial charge in [0.05, 0.1) is 17.0 Å². The van der Waals surface area contributed by atoms with Crippen LogP contribution in [0.15, 0.2) is 60.9 Å². The average molecular weight is 472 g/mol. The van der Waals surface area contributed by atoms with Crippen molar-refractivity contribution in [2.45, 2.75) is 32.2 Å². The van der Waals surface area contributed by atoms with Crippen molar-refractivity contribution in [2.75, 3.05) is 11.4 Å². The molecule has 0 aliphatic carbocycles. The fourth-order valence-corrected chi connectivity index (χ4v) is 4.68. The molecule has 2 N–H and O–H groups in total. The maximum Gasteiger partial charge on any atom is 0.308 e. The Morgan fingerprint density at radius 2 is 1.89 bits per heavy atom. The van der Waals surface area contributed by atoms with Gasteiger partial charge < -0.3 is 19.7 Å². The van der Waals surface area contributed by atoms with Crippen LogP contribution in [0, 0.1) is 5.92 Å². The van der Waals surface area contributed by atoms with Crippen LogP contribution in [0.4, 0.5) is 5.82 Å². The first-order valence-electron chi connectivity index (χ1n) is 11.6. The Morgan fingerprint density at radius 1 is 1.11 bits per heavy atom. The second kappa shape index (κ2) is 9.54. The number of piperidine rings is 1. The van der Waals surface area contributed by atoms with Gasteiger partial charge in [-0.05, 0) is 55.7 Å². The second-order valence-corrected chi connectivity index (χ2v) is 8.50. The van der Waals surface area contributed by atoms with E-state index in [9.17, 15) is 14.7 Å². The number of aromatic nitrogens is 4. The molecule has 0 amide bonds. The van der Waals surface area contributed by atoms with Crippen molar-refractivity contribution in [1.29, 1.82) is 0 Å². The maximum absolute atomic E-state index is 12.9. The van der Waals surface area contributed by atoms with Crippen molar-refractivity contribution in [3.05, 3.63) is 72.3 Å². The number of carbonyl (C=O) groups is 2. The summed E-state index contributed by atoms with van der Waals surface area (Å²) in [5, 5.41) is 9.68. The number of nitrogens with one attached hydrogen (secondary N) is 1. The zero-order valence-corrected chi connectivity index (χ0v) is 19.2. The fraction of sp³-hybridized carbons (Fsp3) is 0.269. The smallest absolute Gasteiger partial charge is 0.308 e. The predicted octanol–water partition coefficient (Wildman–Crippen LogP) is 4.46. The number of H-pyrrole nitrogens is 1. The molecule has 1 saturated heterocycles. The van der Waals surface area contributed by atoms with Gasteiger partial charge in [0.2, 0.25) is 5.78 Å². The molecule has 1 aliphatic rings. The number of carboxylic acids is 1. The molecule has 1 aliphatic heterocycles. The van der Waals surface area contributed by atoms with E-state index >= 15 is 0 Å². The fourth-order valence-electron chi connectivity index (χ4n) is 4.68. The van der Waals surface area contributed by atoms with Crippen LogP contribution < -0.4 is 9.64 Å². The minimum atomic E-state index is -0.794. The minimum absolute atomic E-state index is 0.191. The number of para-hydroxylation sites is 2. The van der Waals surface area contributed by atoms with E-state index in [-0.39, 0.29) is 17.6 Å². The number of benzene rings is 2. The summed E-state index contributed by atoms with van der Waals surface area (Å²) in [4.78, 5) is 42.9. The van der Waals surface area contributed by atoms with E-state index in [0.717, 1.165) is 17.5 Å². The van der Waals surface area contributed by atoms with E-state index in [2.05, 4.69) is 19.9 Å². The van der Waals surface area contributed by atoms with Gasteiger partial charge in [-0.15, -0.1) is 0 Å². The third-order valence-electron chi connectivity index (χ3n) is 6.37. The Balaban J connectivity index is 1.37. The third-order valence-corrected chi connectivity index (χ3v) is 6.37. The van der Waals surface area contributed by atoms with Gasteiger partial charge in [-0.1, -0.05) is 19.1 Å². The van der Waals surface area contributed by atoms with E-state index in [1.165, 1.54) is 6.20 Å². The predicted molar refractivity (Wildman–Crippen MR) is 130 cm³/mol. The molecule has 35 heavy (non-hydrogen) atoms. The summed E-state index contributed by atoms with van der Waals surface area (Å²) in [5.74, 6) is 0.116. The second-order valence-electron chi connectivity index (χ2n) is 8.50. The Bertz CT molecular complexity index is 1330. The molecular formula is C26H25N5O4. The van der Waals surface area contributed by atoms with Crippen molar-refractivity contribution < 1.29 is 19.4 Å². The topological polar surface area (TPSA) is 121 Å². The lowest BCUT2D eigenvalue weighted by Gasteiger charge is -2.40. The first-order chi connectivity index (χ1) is 17.0. The third kappa shape index (κ3) is 4.44. The normalized spacial score (nSPS) is 17.9. The van der Waals surface area contributed by atoms with Gasteiger partial charge in [0, 0.05) is 30.5 Å². The highest BCUT2D eigenvalue weighted by Crippen LogP contribution is 2.35. The molecule has 0 radical (unpaired) electrons. The zero-order chi connectivity index (χ0) is 24.4. The largest absolute Gasteiger partial charge is 0.481 e. The Morgan fingerprint density at radius 3 is 2.63 bits per heavy atom. The van der Waals surface area contributed by atoms with Crippen molar-refractivity contribution in [3.8, 4) is 11.6 Å². The van der Waals surface area contributed by atoms with E-state index in [1.54, 1.807) is 30.5 Å². The highest BCUT2D eigenvalue weighted by molar-refractivity contribution is 6.08. The first-order valence-corrected chi connectivity index (χ1v) is 11.6. The van der Waals surface area contributed by atoms with Gasteiger partial charge in [-0.25, -0.2) is 15.0 Å². The summed E-state index contributed by atoms with van der Waals surface area (Å²) in [6.45, 7) is 2.66. The number of fused-ring (bicyclic) bond motifs is 1. The molecule has 1 fully saturated rings. The molecule has 9 nitrogen and oxygen atoms in total. The molecule has 0 spiro atoms. The highest BCUT2D eigenvalue weighted by atomic mass is 16.5. The number of imidazole rings is 1. The number of rotatable bonds is 7. The van der Waals surface area contributed by atoms with Crippen molar-refractivity contribution >= 4 is 28.6 Å². The molecule has 9 heteroatoms. The monoisotopic (exact) mass is 471 g/mol. The number of aromatic amines is 1. The number of nitrogens with zero attached hydrogens (tertiary/aromatic N) is 4. The number of ketones is 1. The van der Waals surface area contributed by atoms with Crippen LogP contribution >= 0.6 is 0 Å². The van der Waals surface area contributed by atoms with Gasteiger partial charge in [-0.3, -0.25) is 9.59 Å². The van der Waals surface area contributed by atoms with Crippen LogP contribution in [0.5, 0.6) is 11.6 Å². The number of hydrogen-bond donors (Lipinski definition) is 2. The number of carboxylic acid groups (broad SMARTS) is 1. The molecule has 0 bridgehead atoms. The molecule has 2 unspecified atom stereocenters. The number of ether oxygens (including phenoxy) is 1. The number of anilines is 1. The zero-order valence-electron chi connectivity index (χ0n) is 19.2. The Hall–Kier alpha value is -4.27. The standard InChI is InChI=1S/C26H25N5O4/c1-2-21-18(26(33)34)6-5-15-31(21)24-25(28-14-13-27-24)35-17-11-9-16(10-12-17)22(32)23-29-19-7-3-4-8-20(19)30-23/h3-4,7-14,18,21H,2,5-6,15H2,1H3,(H,29,30)(H,33,34). The van der Waals surface area contributed by atoms with Crippen LogP contribution in [-0.2, 0) is 4.79 Å². The minimum Gasteiger partial charge on any atom is -0.481 e. The summed E-state index contributed by atoms with van der Waals surface area (Å²) in [5.41, 5.74) is 2.01. The summed E-state index contributed by atoms with van der Waals surface area (Å²) in [6.07, 6.45) is 5.18. The van der Waals surface area contributed by atoms with Crippen molar-refractivity contribution in [2.24, 2.45) is 5.92 Å². The van der Waals surface area contributed by atoms with Crippen LogP contribution in [0.25, 0.3) is 11.0 Å². The number of carbonyl (C=O) groups excluding carboxylic acids is 1. The summed E-state index contributed by atoms with van der Waals surface area (Å²) in [7, 11) is 0. The number of aliphatic carboxylic acids is 1. The molecule has 2 atom stereocenters. The number of hydrogen-bond acceptors (Lipinski definition) is 7. The lowest BCUT2D eigenvalue weighted by Crippen LogP contribution is -2.48. The maximum atomic E-state index is 12.9. The van der Waals surface area contributed by atoms with Crippen molar-refractivity contribution in [3.63, 3.8) is 0 Å². The molecule has 4 aromatic rings. The van der Waals surface area contributed by atoms with Gasteiger partial charge in [0.1, 0.15) is 5.75 Å². The molecule has 3 heterocycles. The molecule has 2 aromatic carbocycles.